The molecule has 58 valence electrons. The molecule has 1 fully saturated rings. The lowest BCUT2D eigenvalue weighted by atomic mass is 9.90. The zero-order chi connectivity index (χ0) is 7.78. The van der Waals surface area contributed by atoms with Gasteiger partial charge in [0.2, 0.25) is 5.91 Å². The molecule has 1 aliphatic rings. The summed E-state index contributed by atoms with van der Waals surface area (Å²) in [6.07, 6.45) is 0.863. The summed E-state index contributed by atoms with van der Waals surface area (Å²) in [6, 6.07) is -0.102. The third kappa shape index (κ3) is 1.48. The first kappa shape index (κ1) is 7.54. The van der Waals surface area contributed by atoms with E-state index >= 15 is 0 Å². The first-order chi connectivity index (χ1) is 4.51. The lowest BCUT2D eigenvalue weighted by Crippen LogP contribution is -2.36. The first-order valence-corrected chi connectivity index (χ1v) is 3.54. The van der Waals surface area contributed by atoms with Crippen molar-refractivity contribution in [3.63, 3.8) is 0 Å². The second-order valence-corrected chi connectivity index (χ2v) is 3.70. The largest absolute Gasteiger partial charge is 0.368 e. The number of nitrogens with two attached hydrogens (primary N) is 1. The van der Waals surface area contributed by atoms with Crippen LogP contribution < -0.4 is 11.1 Å². The van der Waals surface area contributed by atoms with Crippen LogP contribution in [0.4, 0.5) is 0 Å². The van der Waals surface area contributed by atoms with E-state index in [1.807, 2.05) is 0 Å². The van der Waals surface area contributed by atoms with Crippen molar-refractivity contribution >= 4 is 5.91 Å². The summed E-state index contributed by atoms with van der Waals surface area (Å²) in [7, 11) is 0. The van der Waals surface area contributed by atoms with Crippen molar-refractivity contribution in [2.75, 3.05) is 6.54 Å². The Hall–Kier alpha value is -0.570. The van der Waals surface area contributed by atoms with Crippen LogP contribution in [0.15, 0.2) is 0 Å². The minimum Gasteiger partial charge on any atom is -0.368 e. The van der Waals surface area contributed by atoms with E-state index in [2.05, 4.69) is 19.2 Å². The SMILES string of the molecule is CC1(C)CN[C@@H](C(N)=O)C1. The van der Waals surface area contributed by atoms with Gasteiger partial charge in [0.25, 0.3) is 0 Å². The summed E-state index contributed by atoms with van der Waals surface area (Å²) in [5.74, 6) is -0.231. The van der Waals surface area contributed by atoms with Crippen LogP contribution in [0.5, 0.6) is 0 Å². The number of primary amides is 1. The van der Waals surface area contributed by atoms with Gasteiger partial charge in [-0.25, -0.2) is 0 Å². The molecule has 0 unspecified atom stereocenters. The number of hydrogen-bond acceptors (Lipinski definition) is 2. The van der Waals surface area contributed by atoms with E-state index in [1.165, 1.54) is 0 Å². The standard InChI is InChI=1S/C7H14N2O/c1-7(2)3-5(6(8)10)9-4-7/h5,9H,3-4H2,1-2H3,(H2,8,10)/t5-/m1/s1. The maximum absolute atomic E-state index is 10.6. The molecule has 1 aliphatic heterocycles. The van der Waals surface area contributed by atoms with Gasteiger partial charge in [0.1, 0.15) is 0 Å². The second kappa shape index (κ2) is 2.23. The van der Waals surface area contributed by atoms with Crippen LogP contribution in [0, 0.1) is 5.41 Å². The van der Waals surface area contributed by atoms with Gasteiger partial charge in [-0.2, -0.15) is 0 Å². The van der Waals surface area contributed by atoms with E-state index in [9.17, 15) is 4.79 Å². The Labute approximate surface area is 61.0 Å². The summed E-state index contributed by atoms with van der Waals surface area (Å²) in [5, 5.41) is 3.07. The Morgan fingerprint density at radius 3 is 2.50 bits per heavy atom. The molecule has 0 saturated carbocycles. The summed E-state index contributed by atoms with van der Waals surface area (Å²) in [6.45, 7) is 5.15. The highest BCUT2D eigenvalue weighted by atomic mass is 16.1. The van der Waals surface area contributed by atoms with Crippen molar-refractivity contribution < 1.29 is 4.79 Å². The average molecular weight is 142 g/mol. The van der Waals surface area contributed by atoms with Gasteiger partial charge in [-0.15, -0.1) is 0 Å². The summed E-state index contributed by atoms with van der Waals surface area (Å²) >= 11 is 0. The Kier molecular flexibility index (Phi) is 1.68. The molecule has 1 atom stereocenters. The van der Waals surface area contributed by atoms with Crippen molar-refractivity contribution in [3.8, 4) is 0 Å². The Morgan fingerprint density at radius 2 is 2.30 bits per heavy atom. The average Bonchev–Trinajstić information content (AvgIpc) is 2.10. The molecule has 3 nitrogen and oxygen atoms in total. The van der Waals surface area contributed by atoms with E-state index in [-0.39, 0.29) is 17.4 Å². The normalized spacial score (nSPS) is 30.4. The van der Waals surface area contributed by atoms with Crippen LogP contribution in [0.3, 0.4) is 0 Å². The van der Waals surface area contributed by atoms with Crippen LogP contribution in [0.25, 0.3) is 0 Å². The summed E-state index contributed by atoms with van der Waals surface area (Å²) in [5.41, 5.74) is 5.35. The summed E-state index contributed by atoms with van der Waals surface area (Å²) in [4.78, 5) is 10.6. The van der Waals surface area contributed by atoms with Crippen molar-refractivity contribution in [1.82, 2.24) is 5.32 Å². The van der Waals surface area contributed by atoms with Crippen LogP contribution in [0.1, 0.15) is 20.3 Å². The van der Waals surface area contributed by atoms with Gasteiger partial charge >= 0.3 is 0 Å². The number of rotatable bonds is 1. The fourth-order valence-corrected chi connectivity index (χ4v) is 1.30. The van der Waals surface area contributed by atoms with Crippen molar-refractivity contribution in [3.05, 3.63) is 0 Å². The van der Waals surface area contributed by atoms with Gasteiger partial charge < -0.3 is 11.1 Å². The van der Waals surface area contributed by atoms with E-state index in [4.69, 9.17) is 5.73 Å². The quantitative estimate of drug-likeness (QED) is 0.535. The predicted molar refractivity (Wildman–Crippen MR) is 39.4 cm³/mol. The first-order valence-electron chi connectivity index (χ1n) is 3.54. The number of hydrogen-bond donors (Lipinski definition) is 2. The third-order valence-corrected chi connectivity index (χ3v) is 1.93. The van der Waals surface area contributed by atoms with Gasteiger partial charge in [0.05, 0.1) is 6.04 Å². The van der Waals surface area contributed by atoms with Crippen LogP contribution in [0.2, 0.25) is 0 Å². The van der Waals surface area contributed by atoms with E-state index in [0.29, 0.717) is 0 Å². The highest BCUT2D eigenvalue weighted by molar-refractivity contribution is 5.80. The Bertz CT molecular complexity index is 154. The molecule has 0 bridgehead atoms. The zero-order valence-corrected chi connectivity index (χ0v) is 6.48. The molecular formula is C7H14N2O. The van der Waals surface area contributed by atoms with E-state index < -0.39 is 0 Å². The third-order valence-electron chi connectivity index (χ3n) is 1.93. The van der Waals surface area contributed by atoms with Gasteiger partial charge in [-0.05, 0) is 11.8 Å². The molecule has 0 aromatic rings. The minimum absolute atomic E-state index is 0.102. The second-order valence-electron chi connectivity index (χ2n) is 3.70. The van der Waals surface area contributed by atoms with Gasteiger partial charge in [-0.1, -0.05) is 13.8 Å². The highest BCUT2D eigenvalue weighted by Crippen LogP contribution is 2.26. The molecule has 1 rings (SSSR count). The maximum Gasteiger partial charge on any atom is 0.234 e. The molecule has 1 amide bonds. The molecule has 0 aromatic heterocycles. The van der Waals surface area contributed by atoms with Crippen molar-refractivity contribution in [2.45, 2.75) is 26.3 Å². The van der Waals surface area contributed by atoms with Crippen molar-refractivity contribution in [1.29, 1.82) is 0 Å². The van der Waals surface area contributed by atoms with Crippen LogP contribution >= 0.6 is 0 Å². The predicted octanol–water partition coefficient (Wildman–Crippen LogP) is -0.140. The zero-order valence-electron chi connectivity index (χ0n) is 6.48. The topological polar surface area (TPSA) is 55.1 Å². The minimum atomic E-state index is -0.231. The number of carbonyl (C=O) groups excluding carboxylic acids is 1. The fraction of sp³-hybridized carbons (Fsp3) is 0.857. The molecule has 0 aliphatic carbocycles. The smallest absolute Gasteiger partial charge is 0.234 e. The Balaban J connectivity index is 2.51. The number of nitrogens with one attached hydrogen (secondary N) is 1. The molecule has 3 heteroatoms. The molecule has 0 spiro atoms. The maximum atomic E-state index is 10.6. The number of carbonyl (C=O) groups is 1. The lowest BCUT2D eigenvalue weighted by Gasteiger charge is -2.13. The molecule has 0 radical (unpaired) electrons. The molecule has 1 saturated heterocycles. The van der Waals surface area contributed by atoms with E-state index in [1.54, 1.807) is 0 Å². The highest BCUT2D eigenvalue weighted by Gasteiger charge is 2.33. The van der Waals surface area contributed by atoms with Gasteiger partial charge in [-0.3, -0.25) is 4.79 Å². The fourth-order valence-electron chi connectivity index (χ4n) is 1.30. The monoisotopic (exact) mass is 142 g/mol. The lowest BCUT2D eigenvalue weighted by molar-refractivity contribution is -0.119. The molecular weight excluding hydrogens is 128 g/mol. The molecule has 3 N–H and O–H groups in total. The molecule has 10 heavy (non-hydrogen) atoms. The molecule has 1 heterocycles. The summed E-state index contributed by atoms with van der Waals surface area (Å²) < 4.78 is 0. The van der Waals surface area contributed by atoms with Crippen molar-refractivity contribution in [2.24, 2.45) is 11.1 Å². The van der Waals surface area contributed by atoms with Crippen LogP contribution in [-0.4, -0.2) is 18.5 Å². The van der Waals surface area contributed by atoms with Crippen LogP contribution in [-0.2, 0) is 4.79 Å². The van der Waals surface area contributed by atoms with Gasteiger partial charge in [0.15, 0.2) is 0 Å². The van der Waals surface area contributed by atoms with Gasteiger partial charge in [0, 0.05) is 6.54 Å². The van der Waals surface area contributed by atoms with E-state index in [0.717, 1.165) is 13.0 Å². The molecule has 0 aromatic carbocycles. The number of amides is 1. The Morgan fingerprint density at radius 1 is 1.70 bits per heavy atom.